The molecule has 2 aromatic rings. The van der Waals surface area contributed by atoms with Gasteiger partial charge in [-0.25, -0.2) is 0 Å². The minimum atomic E-state index is -0.0384. The molecule has 0 unspecified atom stereocenters. The lowest BCUT2D eigenvalue weighted by Crippen LogP contribution is -2.21. The number of benzene rings is 1. The standard InChI is InChI=1S/C17H23BrN2/c1-6-17(2,3)16-14(9-10-19-4)13-8-7-12(18)11-15(13)20(16)5/h6-8,11,19H,1,9-10H2,2-5H3. The van der Waals surface area contributed by atoms with Crippen LogP contribution in [0.2, 0.25) is 0 Å². The van der Waals surface area contributed by atoms with Crippen molar-refractivity contribution in [3.63, 3.8) is 0 Å². The first-order chi connectivity index (χ1) is 9.42. The second kappa shape index (κ2) is 5.74. The van der Waals surface area contributed by atoms with Gasteiger partial charge in [0.2, 0.25) is 0 Å². The number of aryl methyl sites for hydroxylation is 1. The summed E-state index contributed by atoms with van der Waals surface area (Å²) >= 11 is 3.57. The van der Waals surface area contributed by atoms with Crippen molar-refractivity contribution in [2.24, 2.45) is 7.05 Å². The van der Waals surface area contributed by atoms with Crippen LogP contribution in [0.5, 0.6) is 0 Å². The van der Waals surface area contributed by atoms with E-state index in [-0.39, 0.29) is 5.41 Å². The molecular formula is C17H23BrN2. The third kappa shape index (κ3) is 2.57. The molecule has 0 fully saturated rings. The summed E-state index contributed by atoms with van der Waals surface area (Å²) in [6.45, 7) is 9.46. The van der Waals surface area contributed by atoms with E-state index in [4.69, 9.17) is 0 Å². The zero-order valence-corrected chi connectivity index (χ0v) is 14.3. The lowest BCUT2D eigenvalue weighted by atomic mass is 9.85. The Labute approximate surface area is 130 Å². The van der Waals surface area contributed by atoms with Crippen molar-refractivity contribution in [3.05, 3.63) is 46.6 Å². The Morgan fingerprint density at radius 3 is 2.70 bits per heavy atom. The van der Waals surface area contributed by atoms with Crippen LogP contribution in [0.25, 0.3) is 10.9 Å². The predicted molar refractivity (Wildman–Crippen MR) is 91.5 cm³/mol. The van der Waals surface area contributed by atoms with Gasteiger partial charge in [0.1, 0.15) is 0 Å². The molecule has 1 aromatic heterocycles. The fraction of sp³-hybridized carbons (Fsp3) is 0.412. The molecule has 2 nitrogen and oxygen atoms in total. The van der Waals surface area contributed by atoms with E-state index in [1.54, 1.807) is 0 Å². The number of allylic oxidation sites excluding steroid dienone is 1. The number of nitrogens with one attached hydrogen (secondary N) is 1. The van der Waals surface area contributed by atoms with Crippen LogP contribution in [0.4, 0.5) is 0 Å². The van der Waals surface area contributed by atoms with Crippen molar-refractivity contribution in [3.8, 4) is 0 Å². The Kier molecular flexibility index (Phi) is 4.40. The average Bonchev–Trinajstić information content (AvgIpc) is 2.69. The van der Waals surface area contributed by atoms with Gasteiger partial charge in [0.25, 0.3) is 0 Å². The van der Waals surface area contributed by atoms with Gasteiger partial charge < -0.3 is 9.88 Å². The molecule has 0 saturated carbocycles. The fourth-order valence-corrected chi connectivity index (χ4v) is 3.26. The van der Waals surface area contributed by atoms with Crippen LogP contribution >= 0.6 is 15.9 Å². The Morgan fingerprint density at radius 2 is 2.10 bits per heavy atom. The predicted octanol–water partition coefficient (Wildman–Crippen LogP) is 4.17. The topological polar surface area (TPSA) is 17.0 Å². The molecule has 0 radical (unpaired) electrons. The molecule has 1 N–H and O–H groups in total. The molecule has 2 rings (SSSR count). The molecule has 0 aliphatic carbocycles. The number of fused-ring (bicyclic) bond motifs is 1. The summed E-state index contributed by atoms with van der Waals surface area (Å²) in [6.07, 6.45) is 3.07. The van der Waals surface area contributed by atoms with Crippen LogP contribution in [0.1, 0.15) is 25.1 Å². The highest BCUT2D eigenvalue weighted by molar-refractivity contribution is 9.10. The number of hydrogen-bond acceptors (Lipinski definition) is 1. The van der Waals surface area contributed by atoms with Crippen molar-refractivity contribution in [2.75, 3.05) is 13.6 Å². The number of likely N-dealkylation sites (N-methyl/N-ethyl adjacent to an activating group) is 1. The van der Waals surface area contributed by atoms with E-state index in [0.717, 1.165) is 17.4 Å². The quantitative estimate of drug-likeness (QED) is 0.812. The Bertz CT molecular complexity index is 638. The van der Waals surface area contributed by atoms with Gasteiger partial charge in [-0.3, -0.25) is 0 Å². The van der Waals surface area contributed by atoms with E-state index in [1.165, 1.54) is 22.2 Å². The minimum Gasteiger partial charge on any atom is -0.347 e. The zero-order valence-electron chi connectivity index (χ0n) is 12.8. The van der Waals surface area contributed by atoms with Gasteiger partial charge in [-0.15, -0.1) is 6.58 Å². The second-order valence-electron chi connectivity index (χ2n) is 5.83. The maximum Gasteiger partial charge on any atom is 0.0494 e. The summed E-state index contributed by atoms with van der Waals surface area (Å²) in [6, 6.07) is 6.53. The van der Waals surface area contributed by atoms with Gasteiger partial charge in [-0.2, -0.15) is 0 Å². The zero-order chi connectivity index (χ0) is 14.9. The summed E-state index contributed by atoms with van der Waals surface area (Å²) in [7, 11) is 4.15. The van der Waals surface area contributed by atoms with Crippen LogP contribution < -0.4 is 5.32 Å². The van der Waals surface area contributed by atoms with Gasteiger partial charge in [0.15, 0.2) is 0 Å². The van der Waals surface area contributed by atoms with Gasteiger partial charge in [0, 0.05) is 33.5 Å². The van der Waals surface area contributed by atoms with Crippen LogP contribution in [0.15, 0.2) is 35.3 Å². The van der Waals surface area contributed by atoms with Crippen molar-refractivity contribution < 1.29 is 0 Å². The molecule has 0 spiro atoms. The highest BCUT2D eigenvalue weighted by Crippen LogP contribution is 2.36. The number of hydrogen-bond donors (Lipinski definition) is 1. The first-order valence-corrected chi connectivity index (χ1v) is 7.77. The van der Waals surface area contributed by atoms with Gasteiger partial charge in [-0.1, -0.05) is 41.9 Å². The third-order valence-electron chi connectivity index (χ3n) is 4.01. The highest BCUT2D eigenvalue weighted by atomic mass is 79.9. The first-order valence-electron chi connectivity index (χ1n) is 6.98. The highest BCUT2D eigenvalue weighted by Gasteiger charge is 2.26. The molecule has 20 heavy (non-hydrogen) atoms. The van der Waals surface area contributed by atoms with E-state index >= 15 is 0 Å². The number of nitrogens with zero attached hydrogens (tertiary/aromatic N) is 1. The number of rotatable bonds is 5. The van der Waals surface area contributed by atoms with E-state index in [9.17, 15) is 0 Å². The second-order valence-corrected chi connectivity index (χ2v) is 6.74. The van der Waals surface area contributed by atoms with E-state index in [2.05, 4.69) is 71.5 Å². The van der Waals surface area contributed by atoms with Gasteiger partial charge in [-0.05, 0) is 37.7 Å². The van der Waals surface area contributed by atoms with E-state index < -0.39 is 0 Å². The monoisotopic (exact) mass is 334 g/mol. The van der Waals surface area contributed by atoms with E-state index in [1.807, 2.05) is 13.1 Å². The van der Waals surface area contributed by atoms with Gasteiger partial charge >= 0.3 is 0 Å². The van der Waals surface area contributed by atoms with Crippen molar-refractivity contribution >= 4 is 26.8 Å². The summed E-state index contributed by atoms with van der Waals surface area (Å²) < 4.78 is 3.43. The molecule has 1 aromatic carbocycles. The molecule has 0 saturated heterocycles. The maximum absolute atomic E-state index is 4.02. The molecular weight excluding hydrogens is 312 g/mol. The minimum absolute atomic E-state index is 0.0384. The lowest BCUT2D eigenvalue weighted by molar-refractivity contribution is 0.602. The summed E-state index contributed by atoms with van der Waals surface area (Å²) in [5.74, 6) is 0. The molecule has 0 aliphatic heterocycles. The molecule has 3 heteroatoms. The van der Waals surface area contributed by atoms with Crippen LogP contribution in [0, 0.1) is 0 Å². The summed E-state index contributed by atoms with van der Waals surface area (Å²) in [5.41, 5.74) is 4.02. The summed E-state index contributed by atoms with van der Waals surface area (Å²) in [4.78, 5) is 0. The molecule has 108 valence electrons. The van der Waals surface area contributed by atoms with Crippen LogP contribution in [-0.4, -0.2) is 18.2 Å². The maximum atomic E-state index is 4.02. The first kappa shape index (κ1) is 15.3. The largest absolute Gasteiger partial charge is 0.347 e. The molecule has 0 atom stereocenters. The Hall–Kier alpha value is -1.06. The number of aromatic nitrogens is 1. The van der Waals surface area contributed by atoms with Crippen molar-refractivity contribution in [1.29, 1.82) is 0 Å². The van der Waals surface area contributed by atoms with Gasteiger partial charge in [0.05, 0.1) is 0 Å². The molecule has 0 amide bonds. The summed E-state index contributed by atoms with van der Waals surface area (Å²) in [5, 5.41) is 4.60. The van der Waals surface area contributed by atoms with Crippen molar-refractivity contribution in [2.45, 2.75) is 25.7 Å². The SMILES string of the molecule is C=CC(C)(C)c1c(CCNC)c2ccc(Br)cc2n1C. The molecule has 0 bridgehead atoms. The average molecular weight is 335 g/mol. The Morgan fingerprint density at radius 1 is 1.40 bits per heavy atom. The normalized spacial score (nSPS) is 12.1. The van der Waals surface area contributed by atoms with E-state index in [0.29, 0.717) is 0 Å². The third-order valence-corrected chi connectivity index (χ3v) is 4.51. The van der Waals surface area contributed by atoms with Crippen molar-refractivity contribution in [1.82, 2.24) is 9.88 Å². The lowest BCUT2D eigenvalue weighted by Gasteiger charge is -2.23. The van der Waals surface area contributed by atoms with Crippen LogP contribution in [0.3, 0.4) is 0 Å². The molecule has 0 aliphatic rings. The Balaban J connectivity index is 2.76. The fourth-order valence-electron chi connectivity index (χ4n) is 2.91. The molecule has 1 heterocycles. The smallest absolute Gasteiger partial charge is 0.0494 e. The van der Waals surface area contributed by atoms with Crippen LogP contribution in [-0.2, 0) is 18.9 Å². The number of halogens is 1.